The van der Waals surface area contributed by atoms with E-state index in [0.717, 1.165) is 24.8 Å². The topological polar surface area (TPSA) is 62.5 Å². The van der Waals surface area contributed by atoms with Crippen molar-refractivity contribution >= 4 is 29.9 Å². The average molecular weight is 484 g/mol. The van der Waals surface area contributed by atoms with Crippen LogP contribution in [0.25, 0.3) is 0 Å². The van der Waals surface area contributed by atoms with Gasteiger partial charge in [-0.2, -0.15) is 0 Å². The minimum atomic E-state index is -0.0407. The summed E-state index contributed by atoms with van der Waals surface area (Å²) in [7, 11) is 0. The first-order valence-corrected chi connectivity index (χ1v) is 9.33. The monoisotopic (exact) mass is 484 g/mol. The van der Waals surface area contributed by atoms with E-state index in [1.807, 2.05) is 0 Å². The standard InChI is InChI=1S/C21H32N4O.HI/c1-7-22-20(24-12-16(3)17-10-8-9-15(2)11-17)25-14-19-23-13-18(26-19)21(4,5)6;/h8-11,13,16H,7,12,14H2,1-6H3,(H2,22,24,25);1H. The van der Waals surface area contributed by atoms with Gasteiger partial charge < -0.3 is 15.1 Å². The molecule has 0 aliphatic carbocycles. The molecule has 1 unspecified atom stereocenters. The summed E-state index contributed by atoms with van der Waals surface area (Å²) in [5.41, 5.74) is 2.57. The Labute approximate surface area is 180 Å². The summed E-state index contributed by atoms with van der Waals surface area (Å²) >= 11 is 0. The third kappa shape index (κ3) is 7.52. The van der Waals surface area contributed by atoms with Crippen LogP contribution in [0.2, 0.25) is 0 Å². The average Bonchev–Trinajstić information content (AvgIpc) is 3.06. The molecule has 150 valence electrons. The number of halogens is 1. The summed E-state index contributed by atoms with van der Waals surface area (Å²) in [4.78, 5) is 8.94. The Morgan fingerprint density at radius 2 is 2.00 bits per heavy atom. The predicted molar refractivity (Wildman–Crippen MR) is 123 cm³/mol. The van der Waals surface area contributed by atoms with E-state index in [0.29, 0.717) is 18.4 Å². The second kappa shape index (κ2) is 10.7. The quantitative estimate of drug-likeness (QED) is 0.353. The highest BCUT2D eigenvalue weighted by molar-refractivity contribution is 14.0. The van der Waals surface area contributed by atoms with Crippen LogP contribution in [0.3, 0.4) is 0 Å². The summed E-state index contributed by atoms with van der Waals surface area (Å²) in [6, 6.07) is 8.63. The van der Waals surface area contributed by atoms with E-state index in [-0.39, 0.29) is 29.4 Å². The molecule has 0 saturated carbocycles. The maximum absolute atomic E-state index is 5.81. The Morgan fingerprint density at radius 3 is 2.59 bits per heavy atom. The fraction of sp³-hybridized carbons (Fsp3) is 0.524. The summed E-state index contributed by atoms with van der Waals surface area (Å²) in [5.74, 6) is 2.70. The number of guanidine groups is 1. The third-order valence-corrected chi connectivity index (χ3v) is 4.20. The fourth-order valence-electron chi connectivity index (χ4n) is 2.56. The number of rotatable bonds is 6. The highest BCUT2D eigenvalue weighted by atomic mass is 127. The zero-order valence-corrected chi connectivity index (χ0v) is 19.6. The van der Waals surface area contributed by atoms with Crippen molar-refractivity contribution in [3.05, 3.63) is 53.2 Å². The maximum Gasteiger partial charge on any atom is 0.216 e. The largest absolute Gasteiger partial charge is 0.443 e. The number of aryl methyl sites for hydroxylation is 1. The minimum Gasteiger partial charge on any atom is -0.443 e. The molecule has 2 aromatic rings. The molecule has 0 radical (unpaired) electrons. The first kappa shape index (κ1) is 23.5. The van der Waals surface area contributed by atoms with Crippen LogP contribution < -0.4 is 10.6 Å². The molecule has 0 aliphatic rings. The number of aromatic nitrogens is 1. The van der Waals surface area contributed by atoms with Crippen molar-refractivity contribution in [2.45, 2.75) is 59.4 Å². The molecule has 0 bridgehead atoms. The van der Waals surface area contributed by atoms with Gasteiger partial charge in [-0.1, -0.05) is 57.5 Å². The summed E-state index contributed by atoms with van der Waals surface area (Å²) in [6.45, 7) is 14.8. The predicted octanol–water partition coefficient (Wildman–Crippen LogP) is 4.76. The summed E-state index contributed by atoms with van der Waals surface area (Å²) < 4.78 is 5.81. The highest BCUT2D eigenvalue weighted by Crippen LogP contribution is 2.22. The lowest BCUT2D eigenvalue weighted by atomic mass is 9.94. The molecule has 6 heteroatoms. The SMILES string of the molecule is CCNC(=NCc1ncc(C(C)(C)C)o1)NCC(C)c1cccc(C)c1.I. The maximum atomic E-state index is 5.81. The van der Waals surface area contributed by atoms with Crippen LogP contribution in [0.4, 0.5) is 0 Å². The van der Waals surface area contributed by atoms with Crippen molar-refractivity contribution in [3.63, 3.8) is 0 Å². The van der Waals surface area contributed by atoms with Crippen molar-refractivity contribution in [2.75, 3.05) is 13.1 Å². The number of aliphatic imine (C=N–C) groups is 1. The zero-order valence-electron chi connectivity index (χ0n) is 17.3. The molecule has 27 heavy (non-hydrogen) atoms. The molecule has 0 aliphatic heterocycles. The Kier molecular flexibility index (Phi) is 9.29. The smallest absolute Gasteiger partial charge is 0.216 e. The van der Waals surface area contributed by atoms with Crippen LogP contribution in [-0.4, -0.2) is 24.0 Å². The third-order valence-electron chi connectivity index (χ3n) is 4.20. The van der Waals surface area contributed by atoms with Gasteiger partial charge in [0.05, 0.1) is 6.20 Å². The molecule has 5 nitrogen and oxygen atoms in total. The Bertz CT molecular complexity index is 734. The second-order valence-electron chi connectivity index (χ2n) is 7.76. The van der Waals surface area contributed by atoms with E-state index >= 15 is 0 Å². The van der Waals surface area contributed by atoms with Gasteiger partial charge in [0.2, 0.25) is 5.89 Å². The van der Waals surface area contributed by atoms with Crippen LogP contribution in [0, 0.1) is 6.92 Å². The van der Waals surface area contributed by atoms with Gasteiger partial charge in [0, 0.05) is 18.5 Å². The van der Waals surface area contributed by atoms with Gasteiger partial charge in [-0.05, 0) is 25.3 Å². The molecule has 0 spiro atoms. The zero-order chi connectivity index (χ0) is 19.2. The number of nitrogens with zero attached hydrogens (tertiary/aromatic N) is 2. The Hall–Kier alpha value is -1.57. The molecule has 1 aromatic heterocycles. The highest BCUT2D eigenvalue weighted by Gasteiger charge is 2.19. The number of hydrogen-bond donors (Lipinski definition) is 2. The molecule has 1 atom stereocenters. The van der Waals surface area contributed by atoms with E-state index < -0.39 is 0 Å². The lowest BCUT2D eigenvalue weighted by Gasteiger charge is -2.16. The van der Waals surface area contributed by atoms with Gasteiger partial charge in [0.15, 0.2) is 5.96 Å². The van der Waals surface area contributed by atoms with Gasteiger partial charge in [-0.25, -0.2) is 9.98 Å². The van der Waals surface area contributed by atoms with Crippen LogP contribution >= 0.6 is 24.0 Å². The van der Waals surface area contributed by atoms with E-state index in [1.54, 1.807) is 6.20 Å². The van der Waals surface area contributed by atoms with Crippen molar-refractivity contribution in [3.8, 4) is 0 Å². The molecule has 2 rings (SSSR count). The van der Waals surface area contributed by atoms with Crippen molar-refractivity contribution in [1.82, 2.24) is 15.6 Å². The lowest BCUT2D eigenvalue weighted by Crippen LogP contribution is -2.39. The molecular formula is C21H33IN4O. The van der Waals surface area contributed by atoms with Crippen molar-refractivity contribution in [2.24, 2.45) is 4.99 Å². The van der Waals surface area contributed by atoms with Crippen LogP contribution in [0.1, 0.15) is 63.3 Å². The molecular weight excluding hydrogens is 451 g/mol. The van der Waals surface area contributed by atoms with E-state index in [9.17, 15) is 0 Å². The molecule has 2 N–H and O–H groups in total. The van der Waals surface area contributed by atoms with Crippen LogP contribution in [-0.2, 0) is 12.0 Å². The molecule has 1 aromatic carbocycles. The van der Waals surface area contributed by atoms with E-state index in [2.05, 4.69) is 86.4 Å². The molecule has 0 amide bonds. The molecule has 0 fully saturated rings. The number of nitrogens with one attached hydrogen (secondary N) is 2. The summed E-state index contributed by atoms with van der Waals surface area (Å²) in [6.07, 6.45) is 1.80. The molecule has 1 heterocycles. The van der Waals surface area contributed by atoms with Gasteiger partial charge >= 0.3 is 0 Å². The van der Waals surface area contributed by atoms with Gasteiger partial charge in [0.1, 0.15) is 12.3 Å². The normalized spacial score (nSPS) is 13.0. The Morgan fingerprint density at radius 1 is 1.26 bits per heavy atom. The Balaban J connectivity index is 0.00000364. The van der Waals surface area contributed by atoms with Crippen LogP contribution in [0.5, 0.6) is 0 Å². The number of oxazole rings is 1. The number of hydrogen-bond acceptors (Lipinski definition) is 3. The van der Waals surface area contributed by atoms with E-state index in [1.165, 1.54) is 11.1 Å². The van der Waals surface area contributed by atoms with Gasteiger partial charge in [0.25, 0.3) is 0 Å². The van der Waals surface area contributed by atoms with E-state index in [4.69, 9.17) is 4.42 Å². The van der Waals surface area contributed by atoms with Gasteiger partial charge in [-0.15, -0.1) is 24.0 Å². The molecule has 0 saturated heterocycles. The number of benzene rings is 1. The first-order chi connectivity index (χ1) is 12.3. The van der Waals surface area contributed by atoms with Crippen molar-refractivity contribution in [1.29, 1.82) is 0 Å². The second-order valence-corrected chi connectivity index (χ2v) is 7.76. The first-order valence-electron chi connectivity index (χ1n) is 9.33. The minimum absolute atomic E-state index is 0. The van der Waals surface area contributed by atoms with Gasteiger partial charge in [-0.3, -0.25) is 0 Å². The summed E-state index contributed by atoms with van der Waals surface area (Å²) in [5, 5.41) is 6.69. The fourth-order valence-corrected chi connectivity index (χ4v) is 2.56. The van der Waals surface area contributed by atoms with Crippen molar-refractivity contribution < 1.29 is 4.42 Å². The van der Waals surface area contributed by atoms with Crippen LogP contribution in [0.15, 0.2) is 39.9 Å². The lowest BCUT2D eigenvalue weighted by molar-refractivity contribution is 0.383.